The number of esters is 2. The first-order valence-electron chi connectivity index (χ1n) is 9.31. The van der Waals surface area contributed by atoms with Gasteiger partial charge in [0.15, 0.2) is 24.3 Å². The first-order valence-corrected chi connectivity index (χ1v) is 12.2. The fourth-order valence-electron chi connectivity index (χ4n) is 1.79. The third-order valence-corrected chi connectivity index (χ3v) is 5.91. The normalized spacial score (nSPS) is 16.3. The quantitative estimate of drug-likeness (QED) is 0.132. The van der Waals surface area contributed by atoms with E-state index in [9.17, 15) is 54.5 Å². The molecule has 14 nitrogen and oxygen atoms in total. The van der Waals surface area contributed by atoms with Crippen LogP contribution in [0.4, 0.5) is 17.6 Å². The molecule has 0 aliphatic rings. The lowest BCUT2D eigenvalue weighted by atomic mass is 9.97. The number of carbonyl (C=O) groups is 2. The molecule has 0 bridgehead atoms. The monoisotopic (exact) mass is 568 g/mol. The number of ether oxygens (including phenoxy) is 2. The maximum absolute atomic E-state index is 13.1. The number of nitriles is 2. The number of hydrogen-bond donors (Lipinski definition) is 2. The van der Waals surface area contributed by atoms with E-state index in [2.05, 4.69) is 19.7 Å². The molecule has 0 aromatic heterocycles. The molecule has 2 N–H and O–H groups in total. The van der Waals surface area contributed by atoms with Crippen molar-refractivity contribution in [1.29, 1.82) is 10.5 Å². The summed E-state index contributed by atoms with van der Waals surface area (Å²) >= 11 is 0. The summed E-state index contributed by atoms with van der Waals surface area (Å²) in [5.41, 5.74) is -3.69. The van der Waals surface area contributed by atoms with E-state index in [1.807, 2.05) is 0 Å². The number of carbonyl (C=O) groups excluding carboxylic acids is 2. The van der Waals surface area contributed by atoms with Gasteiger partial charge in [0.1, 0.15) is 0 Å². The molecule has 36 heavy (non-hydrogen) atoms. The van der Waals surface area contributed by atoms with E-state index >= 15 is 0 Å². The Hall–Kier alpha value is -2.94. The summed E-state index contributed by atoms with van der Waals surface area (Å²) < 4.78 is 119. The summed E-state index contributed by atoms with van der Waals surface area (Å²) in [7, 11) is -11.7. The number of halogens is 4. The zero-order chi connectivity index (χ0) is 28.6. The maximum atomic E-state index is 13.1. The number of nitrogens with zero attached hydrogens (tertiary/aromatic N) is 4. The van der Waals surface area contributed by atoms with Crippen molar-refractivity contribution in [3.05, 3.63) is 0 Å². The van der Waals surface area contributed by atoms with E-state index in [0.29, 0.717) is 0 Å². The average molecular weight is 568 g/mol. The highest BCUT2D eigenvalue weighted by molar-refractivity contribution is 7.87. The van der Waals surface area contributed by atoms with Crippen LogP contribution >= 0.6 is 0 Å². The van der Waals surface area contributed by atoms with Crippen molar-refractivity contribution in [3.63, 3.8) is 0 Å². The highest BCUT2D eigenvalue weighted by Crippen LogP contribution is 2.26. The van der Waals surface area contributed by atoms with Crippen LogP contribution in [0.1, 0.15) is 39.5 Å². The molecule has 204 valence electrons. The van der Waals surface area contributed by atoms with E-state index < -0.39 is 92.7 Å². The standard InChI is InChI=1S/C16H20F4N4O10S2/c1-13(7-21,5-3-11(25)33-9-15(17,18)35(27,28)29)23-24-14(2,8-22)6-4-12(26)34-10-16(19,20)36(30,31)32/h3-6,9-10H2,1-2H3,(H,27,28,29)(H,30,31,32). The summed E-state index contributed by atoms with van der Waals surface area (Å²) in [6.07, 6.45) is -2.53. The topological polar surface area (TPSA) is 234 Å². The number of alkyl halides is 4. The Morgan fingerprint density at radius 3 is 1.28 bits per heavy atom. The van der Waals surface area contributed by atoms with Gasteiger partial charge in [-0.1, -0.05) is 0 Å². The van der Waals surface area contributed by atoms with Gasteiger partial charge in [-0.3, -0.25) is 18.7 Å². The Morgan fingerprint density at radius 1 is 0.778 bits per heavy atom. The Labute approximate surface area is 202 Å². The average Bonchev–Trinajstić information content (AvgIpc) is 2.76. The summed E-state index contributed by atoms with van der Waals surface area (Å²) in [4.78, 5) is 23.2. The number of rotatable bonds is 14. The van der Waals surface area contributed by atoms with Crippen LogP contribution in [0.15, 0.2) is 10.2 Å². The number of hydrogen-bond acceptors (Lipinski definition) is 12. The fourth-order valence-corrected chi connectivity index (χ4v) is 2.21. The lowest BCUT2D eigenvalue weighted by Gasteiger charge is -2.19. The van der Waals surface area contributed by atoms with E-state index in [4.69, 9.17) is 9.11 Å². The van der Waals surface area contributed by atoms with Crippen LogP contribution in [-0.4, -0.2) is 72.7 Å². The van der Waals surface area contributed by atoms with Crippen LogP contribution in [0.3, 0.4) is 0 Å². The second-order valence-electron chi connectivity index (χ2n) is 7.52. The molecule has 0 saturated heterocycles. The van der Waals surface area contributed by atoms with Crippen molar-refractivity contribution < 1.29 is 62.6 Å². The summed E-state index contributed by atoms with van der Waals surface area (Å²) in [5, 5.41) is 16.2. The second kappa shape index (κ2) is 11.9. The first kappa shape index (κ1) is 33.1. The van der Waals surface area contributed by atoms with E-state index in [1.165, 1.54) is 0 Å². The van der Waals surface area contributed by atoms with Gasteiger partial charge in [-0.25, -0.2) is 0 Å². The van der Waals surface area contributed by atoms with Crippen LogP contribution in [0.2, 0.25) is 0 Å². The minimum atomic E-state index is -5.84. The molecular weight excluding hydrogens is 548 g/mol. The Kier molecular flexibility index (Phi) is 10.9. The van der Waals surface area contributed by atoms with Crippen LogP contribution in [0, 0.1) is 22.7 Å². The zero-order valence-electron chi connectivity index (χ0n) is 18.5. The molecular formula is C16H20F4N4O10S2. The smallest absolute Gasteiger partial charge is 0.402 e. The lowest BCUT2D eigenvalue weighted by Crippen LogP contribution is -2.35. The maximum Gasteiger partial charge on any atom is 0.402 e. The molecule has 0 aromatic rings. The molecule has 20 heteroatoms. The van der Waals surface area contributed by atoms with E-state index in [0.717, 1.165) is 13.8 Å². The highest BCUT2D eigenvalue weighted by Gasteiger charge is 2.46. The Balaban J connectivity index is 5.06. The van der Waals surface area contributed by atoms with Crippen molar-refractivity contribution in [2.24, 2.45) is 10.2 Å². The minimum Gasteiger partial charge on any atom is -0.458 e. The first-order chi connectivity index (χ1) is 16.0. The molecule has 2 unspecified atom stereocenters. The van der Waals surface area contributed by atoms with Gasteiger partial charge in [-0.2, -0.15) is 55.1 Å². The molecule has 2 atom stereocenters. The van der Waals surface area contributed by atoms with Gasteiger partial charge >= 0.3 is 42.7 Å². The Morgan fingerprint density at radius 2 is 1.06 bits per heavy atom. The van der Waals surface area contributed by atoms with Crippen molar-refractivity contribution in [2.45, 2.75) is 61.1 Å². The van der Waals surface area contributed by atoms with Gasteiger partial charge in [0, 0.05) is 12.8 Å². The molecule has 0 aromatic carbocycles. The predicted octanol–water partition coefficient (Wildman–Crippen LogP) is 1.61. The van der Waals surface area contributed by atoms with Crippen molar-refractivity contribution in [3.8, 4) is 12.1 Å². The molecule has 0 spiro atoms. The number of azo groups is 1. The van der Waals surface area contributed by atoms with Gasteiger partial charge in [0.2, 0.25) is 0 Å². The molecule has 0 aliphatic carbocycles. The molecule has 0 amide bonds. The lowest BCUT2D eigenvalue weighted by molar-refractivity contribution is -0.150. The van der Waals surface area contributed by atoms with Crippen LogP contribution in [0.5, 0.6) is 0 Å². The van der Waals surface area contributed by atoms with Gasteiger partial charge in [0.05, 0.1) is 12.1 Å². The van der Waals surface area contributed by atoms with Gasteiger partial charge in [-0.15, -0.1) is 0 Å². The zero-order valence-corrected chi connectivity index (χ0v) is 20.2. The second-order valence-corrected chi connectivity index (χ2v) is 10.6. The highest BCUT2D eigenvalue weighted by atomic mass is 32.2. The van der Waals surface area contributed by atoms with Crippen molar-refractivity contribution in [1.82, 2.24) is 0 Å². The molecule has 0 fully saturated rings. The molecule has 0 saturated carbocycles. The van der Waals surface area contributed by atoms with Crippen LogP contribution in [-0.2, 0) is 39.3 Å². The third kappa shape index (κ3) is 10.4. The van der Waals surface area contributed by atoms with Crippen molar-refractivity contribution >= 4 is 32.2 Å². The van der Waals surface area contributed by atoms with Crippen LogP contribution < -0.4 is 0 Å². The summed E-state index contributed by atoms with van der Waals surface area (Å²) in [5.74, 6) is -2.77. The SMILES string of the molecule is CC(C#N)(CCC(=O)OCC(F)(F)S(=O)(=O)O)N=NC(C)(C#N)CCC(=O)OCC(F)(F)S(=O)(=O)O. The largest absolute Gasteiger partial charge is 0.458 e. The minimum absolute atomic E-state index is 0.516. The van der Waals surface area contributed by atoms with E-state index in [-0.39, 0.29) is 0 Å². The Bertz CT molecular complexity index is 1070. The summed E-state index contributed by atoms with van der Waals surface area (Å²) in [6.45, 7) is -1.76. The molecule has 0 heterocycles. The summed E-state index contributed by atoms with van der Waals surface area (Å²) in [6, 6.07) is 3.25. The molecule has 0 aliphatic heterocycles. The predicted molar refractivity (Wildman–Crippen MR) is 106 cm³/mol. The van der Waals surface area contributed by atoms with Gasteiger partial charge in [0.25, 0.3) is 0 Å². The molecule has 0 rings (SSSR count). The third-order valence-electron chi connectivity index (χ3n) is 4.16. The van der Waals surface area contributed by atoms with Crippen LogP contribution in [0.25, 0.3) is 0 Å². The van der Waals surface area contributed by atoms with Gasteiger partial charge in [-0.05, 0) is 26.7 Å². The van der Waals surface area contributed by atoms with Gasteiger partial charge < -0.3 is 9.47 Å². The van der Waals surface area contributed by atoms with Crippen molar-refractivity contribution in [2.75, 3.05) is 13.2 Å². The molecule has 0 radical (unpaired) electrons. The van der Waals surface area contributed by atoms with E-state index in [1.54, 1.807) is 12.1 Å². The fraction of sp³-hybridized carbons (Fsp3) is 0.750.